The third-order valence-electron chi connectivity index (χ3n) is 19.8. The maximum atomic E-state index is 12.6. The number of aliphatic hydroxyl groups is 1. The van der Waals surface area contributed by atoms with E-state index < -0.39 is 28.5 Å². The van der Waals surface area contributed by atoms with Gasteiger partial charge in [-0.3, -0.25) is 24.0 Å². The molecule has 1 N–H and O–H groups in total. The second-order valence-electron chi connectivity index (χ2n) is 25.9. The summed E-state index contributed by atoms with van der Waals surface area (Å²) in [7, 11) is 0. The quantitative estimate of drug-likeness (QED) is 0.136. The molecule has 10 saturated carbocycles. The molecule has 2 aliphatic heterocycles. The van der Waals surface area contributed by atoms with Crippen molar-refractivity contribution in [1.82, 2.24) is 0 Å². The van der Waals surface area contributed by atoms with Crippen LogP contribution in [0.4, 0.5) is 0 Å². The Morgan fingerprint density at radius 1 is 0.615 bits per heavy atom. The molecule has 2 saturated heterocycles. The van der Waals surface area contributed by atoms with Gasteiger partial charge in [0.05, 0.1) is 40.3 Å². The van der Waals surface area contributed by atoms with Crippen LogP contribution in [-0.4, -0.2) is 82.6 Å². The minimum atomic E-state index is -0.687. The number of fused-ring (bicyclic) bond motifs is 1. The minimum absolute atomic E-state index is 0. The fourth-order valence-corrected chi connectivity index (χ4v) is 14.5. The van der Waals surface area contributed by atoms with E-state index in [0.29, 0.717) is 61.4 Å². The van der Waals surface area contributed by atoms with E-state index in [4.69, 9.17) is 28.4 Å². The fourth-order valence-electron chi connectivity index (χ4n) is 14.5. The summed E-state index contributed by atoms with van der Waals surface area (Å²) in [5, 5.41) is 10.6. The van der Waals surface area contributed by atoms with E-state index >= 15 is 0 Å². The van der Waals surface area contributed by atoms with E-state index in [2.05, 4.69) is 13.8 Å². The normalized spacial score (nSPS) is 35.2. The standard InChI is InChI=1S/C18H30O2.C16H26O3.C13H18O4.C10H16O4.8CH4/c1-5-17(3,4)16(19)20-18(6-2)14-8-12-7-13(10-14)11-15(18)9-12;1-4-14(2,3)13(17)19-16-8-11-5-12(9-16)7-15(18,6-11)10-16;1-3-6(2)12(14)16-10-7-4-8-9(5-7)13(15)17-11(8)10;1-4-10(2,3)9(12)14-7-5-6-13-8(7)11;;;;;;;;/h12-15H,5-11H2,1-4H3;11-12,18H,4-10H2,1-3H3;6-11H,3-5H2,1-2H3;7H,4-6H2,1-3H3;8*1H4. The van der Waals surface area contributed by atoms with Gasteiger partial charge in [0.15, 0.2) is 0 Å². The lowest BCUT2D eigenvalue weighted by atomic mass is 9.49. The van der Waals surface area contributed by atoms with Gasteiger partial charge in [-0.1, -0.05) is 101 Å². The zero-order valence-electron chi connectivity index (χ0n) is 45.0. The molecule has 0 aromatic heterocycles. The van der Waals surface area contributed by atoms with Crippen molar-refractivity contribution >= 4 is 35.8 Å². The Morgan fingerprint density at radius 3 is 1.53 bits per heavy atom. The van der Waals surface area contributed by atoms with Crippen molar-refractivity contribution in [2.45, 2.75) is 300 Å². The van der Waals surface area contributed by atoms with Gasteiger partial charge in [-0.2, -0.15) is 0 Å². The number of hydrogen-bond donors (Lipinski definition) is 1. The smallest absolute Gasteiger partial charge is 0.347 e. The molecule has 13 heteroatoms. The summed E-state index contributed by atoms with van der Waals surface area (Å²) >= 11 is 0. The summed E-state index contributed by atoms with van der Waals surface area (Å²) in [6, 6.07) is 0. The SMILES string of the molecule is C.C.C.C.C.C.C.C.CCC(C)(C)C(=O)OC1(CC)C2CC3CC(C2)CC1C3.CCC(C)(C)C(=O)OC12CC3CC(CC(O)(C3)C1)C2.CCC(C)(C)C(=O)OC1CCOC1=O.CCC(C)C(=O)OC1C2CC3C(=O)OC1C3C2. The maximum Gasteiger partial charge on any atom is 0.347 e. The third-order valence-corrected chi connectivity index (χ3v) is 19.8. The van der Waals surface area contributed by atoms with Crippen molar-refractivity contribution in [1.29, 1.82) is 0 Å². The molecule has 12 rings (SSSR count). The first kappa shape index (κ1) is 76.8. The third kappa shape index (κ3) is 15.7. The second kappa shape index (κ2) is 29.2. The average molecular weight is 1110 g/mol. The van der Waals surface area contributed by atoms with E-state index in [1.54, 1.807) is 13.8 Å². The van der Waals surface area contributed by atoms with E-state index in [9.17, 15) is 33.9 Å². The zero-order chi connectivity index (χ0) is 51.4. The van der Waals surface area contributed by atoms with Gasteiger partial charge in [0.2, 0.25) is 6.10 Å². The highest BCUT2D eigenvalue weighted by atomic mass is 16.6. The lowest BCUT2D eigenvalue weighted by molar-refractivity contribution is -0.225. The largest absolute Gasteiger partial charge is 0.463 e. The molecule has 0 amide bonds. The molecule has 10 aliphatic carbocycles. The Labute approximate surface area is 478 Å². The van der Waals surface area contributed by atoms with E-state index in [-0.39, 0.29) is 130 Å². The van der Waals surface area contributed by atoms with E-state index in [1.165, 1.54) is 38.5 Å². The predicted molar refractivity (Wildman–Crippen MR) is 315 cm³/mol. The molecular weight excluding hydrogens is 989 g/mol. The highest BCUT2D eigenvalue weighted by Crippen LogP contribution is 2.62. The summed E-state index contributed by atoms with van der Waals surface area (Å²) in [5.74, 6) is 3.89. The second-order valence-corrected chi connectivity index (χ2v) is 25.9. The molecular formula is C65H122O13. The van der Waals surface area contributed by atoms with Gasteiger partial charge >= 0.3 is 35.8 Å². The van der Waals surface area contributed by atoms with Crippen LogP contribution in [0.15, 0.2) is 0 Å². The minimum Gasteiger partial charge on any atom is -0.463 e. The monoisotopic (exact) mass is 1110 g/mol. The number of hydrogen-bond acceptors (Lipinski definition) is 13. The van der Waals surface area contributed by atoms with Crippen LogP contribution in [0.25, 0.3) is 0 Å². The van der Waals surface area contributed by atoms with Gasteiger partial charge in [-0.15, -0.1) is 0 Å². The van der Waals surface area contributed by atoms with Gasteiger partial charge in [0, 0.05) is 24.7 Å². The van der Waals surface area contributed by atoms with Crippen LogP contribution in [0.3, 0.4) is 0 Å². The van der Waals surface area contributed by atoms with Crippen molar-refractivity contribution in [3.05, 3.63) is 0 Å². The summed E-state index contributed by atoms with van der Waals surface area (Å²) in [6.45, 7) is 24.0. The number of carbonyl (C=O) groups excluding carboxylic acids is 6. The van der Waals surface area contributed by atoms with Crippen LogP contribution < -0.4 is 0 Å². The molecule has 0 spiro atoms. The highest BCUT2D eigenvalue weighted by Gasteiger charge is 2.64. The summed E-state index contributed by atoms with van der Waals surface area (Å²) in [6.07, 6.45) is 17.7. The Bertz CT molecular complexity index is 1910. The molecule has 460 valence electrons. The highest BCUT2D eigenvalue weighted by molar-refractivity contribution is 5.83. The van der Waals surface area contributed by atoms with Crippen molar-refractivity contribution in [2.24, 2.45) is 75.4 Å². The Hall–Kier alpha value is -3.22. The van der Waals surface area contributed by atoms with Crippen LogP contribution in [0.5, 0.6) is 0 Å². The summed E-state index contributed by atoms with van der Waals surface area (Å²) in [4.78, 5) is 71.0. The Kier molecular flexibility index (Phi) is 28.7. The molecule has 9 unspecified atom stereocenters. The van der Waals surface area contributed by atoms with Crippen molar-refractivity contribution in [3.63, 3.8) is 0 Å². The van der Waals surface area contributed by atoms with Gasteiger partial charge in [0.1, 0.15) is 23.4 Å². The average Bonchev–Trinajstić information content (AvgIpc) is 4.05. The van der Waals surface area contributed by atoms with E-state index in [1.807, 2.05) is 55.4 Å². The molecule has 0 radical (unpaired) electrons. The van der Waals surface area contributed by atoms with Gasteiger partial charge < -0.3 is 33.5 Å². The van der Waals surface area contributed by atoms with Gasteiger partial charge in [-0.25, -0.2) is 4.79 Å². The topological polar surface area (TPSA) is 178 Å². The number of carbonyl (C=O) groups is 6. The first-order valence-electron chi connectivity index (χ1n) is 27.7. The number of rotatable bonds is 13. The first-order valence-corrected chi connectivity index (χ1v) is 27.7. The Balaban J connectivity index is 0. The van der Waals surface area contributed by atoms with Crippen LogP contribution >= 0.6 is 0 Å². The molecule has 13 nitrogen and oxygen atoms in total. The van der Waals surface area contributed by atoms with Crippen LogP contribution in [0, 0.1) is 75.4 Å². The van der Waals surface area contributed by atoms with Crippen molar-refractivity contribution in [3.8, 4) is 0 Å². The van der Waals surface area contributed by atoms with Gasteiger partial charge in [0.25, 0.3) is 0 Å². The molecule has 2 heterocycles. The van der Waals surface area contributed by atoms with Crippen LogP contribution in [-0.2, 0) is 57.2 Å². The van der Waals surface area contributed by atoms with Crippen molar-refractivity contribution < 1.29 is 62.3 Å². The molecule has 78 heavy (non-hydrogen) atoms. The summed E-state index contributed by atoms with van der Waals surface area (Å²) < 4.78 is 32.9. The van der Waals surface area contributed by atoms with Gasteiger partial charge in [-0.05, 0) is 186 Å². The molecule has 9 atom stereocenters. The maximum absolute atomic E-state index is 12.6. The number of cyclic esters (lactones) is 1. The summed E-state index contributed by atoms with van der Waals surface area (Å²) in [5.41, 5.74) is -2.31. The molecule has 0 aromatic carbocycles. The lowest BCUT2D eigenvalue weighted by Gasteiger charge is -2.60. The molecule has 10 bridgehead atoms. The van der Waals surface area contributed by atoms with E-state index in [0.717, 1.165) is 76.0 Å². The fraction of sp³-hybridized carbons (Fsp3) is 0.908. The van der Waals surface area contributed by atoms with Crippen molar-refractivity contribution in [2.75, 3.05) is 6.61 Å². The molecule has 12 fully saturated rings. The molecule has 0 aromatic rings. The van der Waals surface area contributed by atoms with Crippen LogP contribution in [0.2, 0.25) is 0 Å². The Morgan fingerprint density at radius 2 is 1.09 bits per heavy atom. The lowest BCUT2D eigenvalue weighted by Crippen LogP contribution is -2.61. The number of ether oxygens (including phenoxy) is 6. The molecule has 12 aliphatic rings. The number of esters is 6. The predicted octanol–water partition coefficient (Wildman–Crippen LogP) is 15.5. The zero-order valence-corrected chi connectivity index (χ0v) is 45.0. The first-order chi connectivity index (χ1) is 32.8. The van der Waals surface area contributed by atoms with Crippen LogP contribution in [0.1, 0.15) is 264 Å².